The van der Waals surface area contributed by atoms with Crippen LogP contribution in [0.1, 0.15) is 31.2 Å². The fourth-order valence-electron chi connectivity index (χ4n) is 2.58. The second kappa shape index (κ2) is 5.38. The van der Waals surface area contributed by atoms with Crippen LogP contribution in [0.2, 0.25) is 0 Å². The Morgan fingerprint density at radius 1 is 1.25 bits per heavy atom. The van der Waals surface area contributed by atoms with E-state index in [9.17, 15) is 0 Å². The zero-order valence-corrected chi connectivity index (χ0v) is 12.7. The Hall–Kier alpha value is -1.65. The minimum absolute atomic E-state index is 0.423. The van der Waals surface area contributed by atoms with Crippen LogP contribution < -0.4 is 5.73 Å². The Morgan fingerprint density at radius 2 is 2.00 bits per heavy atom. The van der Waals surface area contributed by atoms with E-state index in [0.29, 0.717) is 12.5 Å². The van der Waals surface area contributed by atoms with Gasteiger partial charge >= 0.3 is 0 Å². The van der Waals surface area contributed by atoms with Crippen LogP contribution in [0.4, 0.5) is 0 Å². The SMILES string of the molecule is CC(C)c1nc2scc(-c3ccccc3)n2c1CCN. The van der Waals surface area contributed by atoms with Crippen LogP contribution in [-0.4, -0.2) is 15.9 Å². The number of aromatic nitrogens is 2. The number of rotatable bonds is 4. The zero-order chi connectivity index (χ0) is 14.1. The number of thiazole rings is 1. The maximum Gasteiger partial charge on any atom is 0.194 e. The summed E-state index contributed by atoms with van der Waals surface area (Å²) in [6, 6.07) is 10.5. The van der Waals surface area contributed by atoms with E-state index < -0.39 is 0 Å². The molecule has 0 aliphatic carbocycles. The molecular weight excluding hydrogens is 266 g/mol. The van der Waals surface area contributed by atoms with E-state index >= 15 is 0 Å². The molecule has 4 heteroatoms. The molecule has 0 atom stereocenters. The third-order valence-corrected chi connectivity index (χ3v) is 4.31. The number of fused-ring (bicyclic) bond motifs is 1. The van der Waals surface area contributed by atoms with E-state index in [2.05, 4.69) is 47.9 Å². The lowest BCUT2D eigenvalue weighted by Gasteiger charge is -2.08. The lowest BCUT2D eigenvalue weighted by atomic mass is 10.1. The van der Waals surface area contributed by atoms with E-state index in [4.69, 9.17) is 10.7 Å². The minimum Gasteiger partial charge on any atom is -0.330 e. The predicted molar refractivity (Wildman–Crippen MR) is 85.4 cm³/mol. The highest BCUT2D eigenvalue weighted by Gasteiger charge is 2.18. The Morgan fingerprint density at radius 3 is 2.65 bits per heavy atom. The van der Waals surface area contributed by atoms with Gasteiger partial charge in [0.2, 0.25) is 0 Å². The van der Waals surface area contributed by atoms with Crippen LogP contribution in [0.5, 0.6) is 0 Å². The van der Waals surface area contributed by atoms with Crippen molar-refractivity contribution in [2.75, 3.05) is 6.54 Å². The fraction of sp³-hybridized carbons (Fsp3) is 0.312. The standard InChI is InChI=1S/C16H19N3S/c1-11(2)15-13(8-9-17)19-14(10-20-16(19)18-15)12-6-4-3-5-7-12/h3-7,10-11H,8-9,17H2,1-2H3. The highest BCUT2D eigenvalue weighted by atomic mass is 32.1. The number of nitrogens with zero attached hydrogens (tertiary/aromatic N) is 2. The first-order valence-electron chi connectivity index (χ1n) is 6.96. The zero-order valence-electron chi connectivity index (χ0n) is 11.8. The lowest BCUT2D eigenvalue weighted by molar-refractivity contribution is 0.792. The molecule has 2 heterocycles. The summed E-state index contributed by atoms with van der Waals surface area (Å²) < 4.78 is 2.28. The number of hydrogen-bond acceptors (Lipinski definition) is 3. The molecule has 20 heavy (non-hydrogen) atoms. The summed E-state index contributed by atoms with van der Waals surface area (Å²) in [6.45, 7) is 5.03. The average molecular weight is 285 g/mol. The van der Waals surface area contributed by atoms with Crippen LogP contribution in [0.15, 0.2) is 35.7 Å². The molecule has 0 unspecified atom stereocenters. The monoisotopic (exact) mass is 285 g/mol. The average Bonchev–Trinajstić information content (AvgIpc) is 3.00. The van der Waals surface area contributed by atoms with Gasteiger partial charge in [0, 0.05) is 17.5 Å². The van der Waals surface area contributed by atoms with Crippen LogP contribution in [-0.2, 0) is 6.42 Å². The van der Waals surface area contributed by atoms with Crippen molar-refractivity contribution >= 4 is 16.3 Å². The highest BCUT2D eigenvalue weighted by molar-refractivity contribution is 7.15. The minimum atomic E-state index is 0.423. The third-order valence-electron chi connectivity index (χ3n) is 3.49. The quantitative estimate of drug-likeness (QED) is 0.794. The molecule has 0 aliphatic heterocycles. The van der Waals surface area contributed by atoms with Crippen LogP contribution in [0.25, 0.3) is 16.2 Å². The molecule has 2 aromatic heterocycles. The lowest BCUT2D eigenvalue weighted by Crippen LogP contribution is -2.08. The Labute approximate surface area is 123 Å². The van der Waals surface area contributed by atoms with E-state index in [1.807, 2.05) is 6.07 Å². The van der Waals surface area contributed by atoms with Gasteiger partial charge in [0.15, 0.2) is 4.96 Å². The first-order valence-corrected chi connectivity index (χ1v) is 7.84. The number of benzene rings is 1. The molecule has 0 aliphatic rings. The van der Waals surface area contributed by atoms with Gasteiger partial charge in [-0.2, -0.15) is 0 Å². The van der Waals surface area contributed by atoms with Crippen molar-refractivity contribution in [1.29, 1.82) is 0 Å². The molecule has 3 aromatic rings. The van der Waals surface area contributed by atoms with Gasteiger partial charge in [-0.3, -0.25) is 4.40 Å². The fourth-order valence-corrected chi connectivity index (χ4v) is 3.50. The molecule has 3 nitrogen and oxygen atoms in total. The molecule has 0 saturated carbocycles. The summed E-state index contributed by atoms with van der Waals surface area (Å²) in [7, 11) is 0. The largest absolute Gasteiger partial charge is 0.330 e. The Kier molecular flexibility index (Phi) is 3.59. The third kappa shape index (κ3) is 2.15. The van der Waals surface area contributed by atoms with Gasteiger partial charge in [-0.15, -0.1) is 11.3 Å². The van der Waals surface area contributed by atoms with Gasteiger partial charge in [0.1, 0.15) is 0 Å². The Bertz CT molecular complexity index is 710. The van der Waals surface area contributed by atoms with Crippen LogP contribution >= 0.6 is 11.3 Å². The first kappa shape index (κ1) is 13.3. The van der Waals surface area contributed by atoms with E-state index in [1.165, 1.54) is 22.6 Å². The van der Waals surface area contributed by atoms with Crippen molar-refractivity contribution in [1.82, 2.24) is 9.38 Å². The smallest absolute Gasteiger partial charge is 0.194 e. The van der Waals surface area contributed by atoms with E-state index in [-0.39, 0.29) is 0 Å². The van der Waals surface area contributed by atoms with Crippen molar-refractivity contribution < 1.29 is 0 Å². The van der Waals surface area contributed by atoms with Gasteiger partial charge in [0.05, 0.1) is 11.4 Å². The molecule has 0 saturated heterocycles. The molecule has 0 fully saturated rings. The van der Waals surface area contributed by atoms with Crippen molar-refractivity contribution in [2.24, 2.45) is 5.73 Å². The summed E-state index contributed by atoms with van der Waals surface area (Å²) in [5.74, 6) is 0.423. The molecule has 2 N–H and O–H groups in total. The normalized spacial score (nSPS) is 11.6. The molecule has 0 spiro atoms. The van der Waals surface area contributed by atoms with Gasteiger partial charge in [0.25, 0.3) is 0 Å². The van der Waals surface area contributed by atoms with Gasteiger partial charge < -0.3 is 5.73 Å². The number of nitrogens with two attached hydrogens (primary N) is 1. The van der Waals surface area contributed by atoms with Crippen molar-refractivity contribution in [2.45, 2.75) is 26.2 Å². The maximum atomic E-state index is 5.80. The maximum absolute atomic E-state index is 5.80. The second-order valence-electron chi connectivity index (χ2n) is 5.24. The van der Waals surface area contributed by atoms with Crippen molar-refractivity contribution in [3.63, 3.8) is 0 Å². The van der Waals surface area contributed by atoms with Crippen molar-refractivity contribution in [3.8, 4) is 11.3 Å². The van der Waals surface area contributed by atoms with Crippen LogP contribution in [0, 0.1) is 0 Å². The molecular formula is C16H19N3S. The molecule has 0 bridgehead atoms. The summed E-state index contributed by atoms with van der Waals surface area (Å²) in [6.07, 6.45) is 0.866. The molecule has 0 amide bonds. The molecule has 3 rings (SSSR count). The van der Waals surface area contributed by atoms with Gasteiger partial charge in [-0.05, 0) is 18.0 Å². The summed E-state index contributed by atoms with van der Waals surface area (Å²) >= 11 is 1.70. The van der Waals surface area contributed by atoms with Gasteiger partial charge in [-0.25, -0.2) is 4.98 Å². The van der Waals surface area contributed by atoms with Crippen LogP contribution in [0.3, 0.4) is 0 Å². The summed E-state index contributed by atoms with van der Waals surface area (Å²) in [5.41, 5.74) is 10.7. The molecule has 104 valence electrons. The highest BCUT2D eigenvalue weighted by Crippen LogP contribution is 2.31. The van der Waals surface area contributed by atoms with E-state index in [0.717, 1.165) is 11.4 Å². The Balaban J connectivity index is 2.24. The van der Waals surface area contributed by atoms with E-state index in [1.54, 1.807) is 11.3 Å². The second-order valence-corrected chi connectivity index (χ2v) is 6.08. The number of hydrogen-bond donors (Lipinski definition) is 1. The predicted octanol–water partition coefficient (Wildman–Crippen LogP) is 3.69. The van der Waals surface area contributed by atoms with Crippen molar-refractivity contribution in [3.05, 3.63) is 47.1 Å². The molecule has 0 radical (unpaired) electrons. The van der Waals surface area contributed by atoms with Gasteiger partial charge in [-0.1, -0.05) is 44.2 Å². The summed E-state index contributed by atoms with van der Waals surface area (Å²) in [5, 5.41) is 2.18. The summed E-state index contributed by atoms with van der Waals surface area (Å²) in [4.78, 5) is 5.87. The number of imidazole rings is 1. The topological polar surface area (TPSA) is 43.3 Å². The first-order chi connectivity index (χ1) is 9.72. The molecule has 1 aromatic carbocycles.